The predicted molar refractivity (Wildman–Crippen MR) is 73.4 cm³/mol. The molecule has 0 amide bonds. The van der Waals surface area contributed by atoms with Crippen LogP contribution in [0.25, 0.3) is 0 Å². The second-order valence-electron chi connectivity index (χ2n) is 5.04. The van der Waals surface area contributed by atoms with Gasteiger partial charge in [0.2, 0.25) is 10.0 Å². The zero-order valence-corrected chi connectivity index (χ0v) is 12.5. The summed E-state index contributed by atoms with van der Waals surface area (Å²) in [6, 6.07) is 1.87. The summed E-state index contributed by atoms with van der Waals surface area (Å²) < 4.78 is 28.7. The van der Waals surface area contributed by atoms with Crippen LogP contribution in [0.15, 0.2) is 23.4 Å². The van der Waals surface area contributed by atoms with Crippen LogP contribution in [-0.2, 0) is 30.2 Å². The van der Waals surface area contributed by atoms with E-state index in [-0.39, 0.29) is 0 Å². The monoisotopic (exact) mass is 292 g/mol. The van der Waals surface area contributed by atoms with Crippen molar-refractivity contribution in [2.75, 3.05) is 0 Å². The van der Waals surface area contributed by atoms with Gasteiger partial charge in [-0.2, -0.15) is 9.40 Å². The van der Waals surface area contributed by atoms with Crippen molar-refractivity contribution < 1.29 is 8.42 Å². The first-order valence-electron chi connectivity index (χ1n) is 6.33. The van der Waals surface area contributed by atoms with E-state index in [1.54, 1.807) is 38.0 Å². The highest BCUT2D eigenvalue weighted by molar-refractivity contribution is 7.89. The number of hydrogen-bond acceptors (Lipinski definition) is 4. The summed E-state index contributed by atoms with van der Waals surface area (Å²) >= 11 is 0. The summed E-state index contributed by atoms with van der Waals surface area (Å²) in [6.45, 7) is 4.27. The Hall–Kier alpha value is -1.73. The highest BCUT2D eigenvalue weighted by atomic mass is 32.2. The van der Waals surface area contributed by atoms with Gasteiger partial charge in [-0.25, -0.2) is 8.42 Å². The quantitative estimate of drug-likeness (QED) is 0.832. The van der Waals surface area contributed by atoms with Crippen molar-refractivity contribution in [3.05, 3.63) is 41.0 Å². The van der Waals surface area contributed by atoms with Crippen LogP contribution in [0, 0.1) is 13.8 Å². The Balaban J connectivity index is 2.03. The van der Waals surface area contributed by atoms with Crippen molar-refractivity contribution in [1.82, 2.24) is 19.1 Å². The van der Waals surface area contributed by atoms with Crippen LogP contribution in [0.3, 0.4) is 0 Å². The molecule has 0 fully saturated rings. The molecule has 7 heteroatoms. The van der Waals surface area contributed by atoms with Gasteiger partial charge in [-0.1, -0.05) is 0 Å². The van der Waals surface area contributed by atoms with E-state index in [4.69, 9.17) is 0 Å². The van der Waals surface area contributed by atoms with Gasteiger partial charge in [-0.15, -0.1) is 0 Å². The fourth-order valence-corrected chi connectivity index (χ4v) is 4.41. The van der Waals surface area contributed by atoms with Crippen LogP contribution in [-0.4, -0.2) is 27.5 Å². The number of aromatic nitrogens is 3. The molecule has 2 aromatic rings. The van der Waals surface area contributed by atoms with E-state index in [1.807, 2.05) is 6.07 Å². The number of pyridine rings is 1. The Morgan fingerprint density at radius 1 is 1.20 bits per heavy atom. The van der Waals surface area contributed by atoms with E-state index < -0.39 is 10.0 Å². The second-order valence-corrected chi connectivity index (χ2v) is 6.92. The first kappa shape index (κ1) is 13.3. The summed E-state index contributed by atoms with van der Waals surface area (Å²) in [5.41, 5.74) is 3.19. The lowest BCUT2D eigenvalue weighted by atomic mass is 10.2. The molecule has 2 aromatic heterocycles. The maximum atomic E-state index is 12.8. The molecule has 0 unspecified atom stereocenters. The molecule has 1 aliphatic heterocycles. The Bertz CT molecular complexity index is 755. The summed E-state index contributed by atoms with van der Waals surface area (Å²) in [7, 11) is -1.77. The van der Waals surface area contributed by atoms with Gasteiger partial charge in [0, 0.05) is 32.5 Å². The van der Waals surface area contributed by atoms with Crippen molar-refractivity contribution in [1.29, 1.82) is 0 Å². The van der Waals surface area contributed by atoms with E-state index in [0.29, 0.717) is 29.4 Å². The number of rotatable bonds is 2. The van der Waals surface area contributed by atoms with Crippen LogP contribution in [0.5, 0.6) is 0 Å². The smallest absolute Gasteiger partial charge is 0.247 e. The maximum absolute atomic E-state index is 12.8. The first-order chi connectivity index (χ1) is 9.41. The highest BCUT2D eigenvalue weighted by Gasteiger charge is 2.34. The lowest BCUT2D eigenvalue weighted by molar-refractivity contribution is 0.430. The minimum atomic E-state index is -3.52. The van der Waals surface area contributed by atoms with E-state index in [9.17, 15) is 8.42 Å². The molecule has 0 spiro atoms. The van der Waals surface area contributed by atoms with Crippen molar-refractivity contribution in [2.24, 2.45) is 7.05 Å². The molecule has 0 aromatic carbocycles. The molecule has 0 saturated carbocycles. The number of aryl methyl sites for hydroxylation is 2. The predicted octanol–water partition coefficient (Wildman–Crippen LogP) is 1.14. The minimum absolute atomic E-state index is 0.320. The Labute approximate surface area is 118 Å². The van der Waals surface area contributed by atoms with E-state index in [1.165, 1.54) is 4.31 Å². The molecule has 106 valence electrons. The third-order valence-electron chi connectivity index (χ3n) is 3.74. The molecule has 3 heterocycles. The molecular weight excluding hydrogens is 276 g/mol. The van der Waals surface area contributed by atoms with Crippen molar-refractivity contribution in [3.63, 3.8) is 0 Å². The van der Waals surface area contributed by atoms with Crippen LogP contribution in [0.2, 0.25) is 0 Å². The second kappa shape index (κ2) is 4.39. The number of fused-ring (bicyclic) bond motifs is 1. The van der Waals surface area contributed by atoms with Gasteiger partial charge in [0.1, 0.15) is 4.90 Å². The van der Waals surface area contributed by atoms with Gasteiger partial charge < -0.3 is 0 Å². The van der Waals surface area contributed by atoms with Gasteiger partial charge in [-0.3, -0.25) is 9.67 Å². The van der Waals surface area contributed by atoms with Gasteiger partial charge >= 0.3 is 0 Å². The summed E-state index contributed by atoms with van der Waals surface area (Å²) in [5, 5.41) is 4.20. The molecule has 20 heavy (non-hydrogen) atoms. The van der Waals surface area contributed by atoms with Gasteiger partial charge in [-0.05, 0) is 31.0 Å². The molecule has 0 N–H and O–H groups in total. The summed E-state index contributed by atoms with van der Waals surface area (Å²) in [6.07, 6.45) is 3.42. The van der Waals surface area contributed by atoms with Crippen molar-refractivity contribution >= 4 is 10.0 Å². The third kappa shape index (κ3) is 1.85. The SMILES string of the molecule is Cc1nn(C)c(C)c1S(=O)(=O)N1Cc2ccncc2C1. The number of sulfonamides is 1. The van der Waals surface area contributed by atoms with E-state index in [0.717, 1.165) is 11.1 Å². The zero-order valence-electron chi connectivity index (χ0n) is 11.7. The fourth-order valence-electron chi connectivity index (χ4n) is 2.62. The topological polar surface area (TPSA) is 68.1 Å². The molecule has 1 aliphatic rings. The molecule has 3 rings (SSSR count). The van der Waals surface area contributed by atoms with Gasteiger partial charge in [0.05, 0.1) is 11.4 Å². The van der Waals surface area contributed by atoms with Gasteiger partial charge in [0.25, 0.3) is 0 Å². The van der Waals surface area contributed by atoms with Crippen LogP contribution < -0.4 is 0 Å². The Morgan fingerprint density at radius 2 is 1.90 bits per heavy atom. The largest absolute Gasteiger partial charge is 0.271 e. The van der Waals surface area contributed by atoms with Crippen LogP contribution >= 0.6 is 0 Å². The normalized spacial score (nSPS) is 15.6. The summed E-state index contributed by atoms with van der Waals surface area (Å²) in [4.78, 5) is 4.37. The van der Waals surface area contributed by atoms with Crippen molar-refractivity contribution in [2.45, 2.75) is 31.8 Å². The molecule has 0 radical (unpaired) electrons. The lowest BCUT2D eigenvalue weighted by Crippen LogP contribution is -2.26. The Kier molecular flexibility index (Phi) is 2.91. The molecule has 0 bridgehead atoms. The van der Waals surface area contributed by atoms with Crippen LogP contribution in [0.1, 0.15) is 22.5 Å². The number of hydrogen-bond donors (Lipinski definition) is 0. The fraction of sp³-hybridized carbons (Fsp3) is 0.385. The third-order valence-corrected chi connectivity index (χ3v) is 5.78. The van der Waals surface area contributed by atoms with E-state index >= 15 is 0 Å². The average Bonchev–Trinajstić information content (AvgIpc) is 2.92. The van der Waals surface area contributed by atoms with Crippen molar-refractivity contribution in [3.8, 4) is 0 Å². The highest BCUT2D eigenvalue weighted by Crippen LogP contribution is 2.30. The number of nitrogens with zero attached hydrogens (tertiary/aromatic N) is 4. The molecule has 6 nitrogen and oxygen atoms in total. The molecule has 0 saturated heterocycles. The minimum Gasteiger partial charge on any atom is -0.271 e. The zero-order chi connectivity index (χ0) is 14.5. The molecular formula is C13H16N4O2S. The average molecular weight is 292 g/mol. The molecule has 0 atom stereocenters. The standard InChI is InChI=1S/C13H16N4O2S/c1-9-13(10(2)16(3)15-9)20(18,19)17-7-11-4-5-14-6-12(11)8-17/h4-6H,7-8H2,1-3H3. The first-order valence-corrected chi connectivity index (χ1v) is 7.77. The lowest BCUT2D eigenvalue weighted by Gasteiger charge is -2.15. The van der Waals surface area contributed by atoms with Crippen LogP contribution in [0.4, 0.5) is 0 Å². The maximum Gasteiger partial charge on any atom is 0.247 e. The van der Waals surface area contributed by atoms with E-state index in [2.05, 4.69) is 10.1 Å². The summed E-state index contributed by atoms with van der Waals surface area (Å²) in [5.74, 6) is 0. The van der Waals surface area contributed by atoms with Gasteiger partial charge in [0.15, 0.2) is 0 Å². The Morgan fingerprint density at radius 3 is 2.50 bits per heavy atom. The molecule has 0 aliphatic carbocycles.